The molecule has 0 aliphatic carbocycles. The lowest BCUT2D eigenvalue weighted by Gasteiger charge is -1.91. The molecule has 0 atom stereocenters. The van der Waals surface area contributed by atoms with E-state index in [4.69, 9.17) is 12.2 Å². The summed E-state index contributed by atoms with van der Waals surface area (Å²) in [5.41, 5.74) is 0. The lowest BCUT2D eigenvalue weighted by Crippen LogP contribution is -1.83. The van der Waals surface area contributed by atoms with Crippen molar-refractivity contribution in [2.75, 3.05) is 5.75 Å². The fraction of sp³-hybridized carbons (Fsp3) is 0.571. The molecular weight excluding hydrogens is 148 g/mol. The summed E-state index contributed by atoms with van der Waals surface area (Å²) in [6.07, 6.45) is 0.978. The molecular formula is C7H10S2. The first kappa shape index (κ1) is 9.00. The zero-order valence-electron chi connectivity index (χ0n) is 5.73. The second kappa shape index (κ2) is 6.12. The Morgan fingerprint density at radius 3 is 2.78 bits per heavy atom. The molecule has 0 unspecified atom stereocenters. The molecule has 0 aromatic carbocycles. The van der Waals surface area contributed by atoms with Gasteiger partial charge < -0.3 is 0 Å². The smallest absolute Gasteiger partial charge is 0.0599 e. The van der Waals surface area contributed by atoms with Crippen molar-refractivity contribution in [2.24, 2.45) is 0 Å². The Kier molecular flexibility index (Phi) is 6.12. The Morgan fingerprint density at radius 2 is 2.33 bits per heavy atom. The first-order chi connectivity index (χ1) is 4.31. The molecule has 0 radical (unpaired) electrons. The fourth-order valence-corrected chi connectivity index (χ4v) is 1.05. The van der Waals surface area contributed by atoms with Gasteiger partial charge in [0.05, 0.1) is 5.75 Å². The number of thiocarbonyl (C=S) groups is 1. The minimum atomic E-state index is 0.850. The van der Waals surface area contributed by atoms with E-state index >= 15 is 0 Å². The van der Waals surface area contributed by atoms with E-state index in [9.17, 15) is 0 Å². The molecule has 0 rings (SSSR count). The molecule has 0 bridgehead atoms. The summed E-state index contributed by atoms with van der Waals surface area (Å²) in [6.45, 7) is 3.91. The van der Waals surface area contributed by atoms with E-state index in [1.807, 2.05) is 6.92 Å². The van der Waals surface area contributed by atoms with Gasteiger partial charge in [-0.2, -0.15) is 0 Å². The van der Waals surface area contributed by atoms with Crippen LogP contribution in [0.15, 0.2) is 0 Å². The summed E-state index contributed by atoms with van der Waals surface area (Å²) in [4.78, 5) is 0. The summed E-state index contributed by atoms with van der Waals surface area (Å²) in [5.74, 6) is 6.61. The molecule has 0 saturated heterocycles. The van der Waals surface area contributed by atoms with E-state index in [0.29, 0.717) is 0 Å². The van der Waals surface area contributed by atoms with Crippen LogP contribution < -0.4 is 0 Å². The van der Waals surface area contributed by atoms with E-state index in [1.54, 1.807) is 11.8 Å². The molecule has 0 aromatic rings. The standard InChI is InChI=1S/C7H10S2/c1-3-5-6-9-7(8)4-2/h4,6H2,1-2H3. The van der Waals surface area contributed by atoms with E-state index < -0.39 is 0 Å². The van der Waals surface area contributed by atoms with E-state index in [0.717, 1.165) is 16.4 Å². The van der Waals surface area contributed by atoms with Gasteiger partial charge in [0.2, 0.25) is 0 Å². The van der Waals surface area contributed by atoms with Gasteiger partial charge in [0, 0.05) is 4.20 Å². The molecule has 0 fully saturated rings. The number of thioether (sulfide) groups is 1. The van der Waals surface area contributed by atoms with Crippen LogP contribution in [-0.2, 0) is 0 Å². The van der Waals surface area contributed by atoms with Crippen molar-refractivity contribution in [3.8, 4) is 11.8 Å². The largest absolute Gasteiger partial charge is 0.106 e. The topological polar surface area (TPSA) is 0 Å². The molecule has 0 aliphatic heterocycles. The van der Waals surface area contributed by atoms with Crippen molar-refractivity contribution in [3.63, 3.8) is 0 Å². The van der Waals surface area contributed by atoms with Crippen LogP contribution in [0.4, 0.5) is 0 Å². The van der Waals surface area contributed by atoms with Gasteiger partial charge in [-0.15, -0.1) is 17.7 Å². The molecule has 0 amide bonds. The van der Waals surface area contributed by atoms with Gasteiger partial charge in [-0.25, -0.2) is 0 Å². The normalized spacial score (nSPS) is 7.78. The van der Waals surface area contributed by atoms with Gasteiger partial charge in [0.1, 0.15) is 0 Å². The molecule has 50 valence electrons. The molecule has 2 heteroatoms. The predicted molar refractivity (Wildman–Crippen MR) is 48.8 cm³/mol. The van der Waals surface area contributed by atoms with Crippen molar-refractivity contribution in [3.05, 3.63) is 0 Å². The summed E-state index contributed by atoms with van der Waals surface area (Å²) in [5, 5.41) is 0. The van der Waals surface area contributed by atoms with Crippen LogP contribution in [0.1, 0.15) is 20.3 Å². The van der Waals surface area contributed by atoms with Crippen molar-refractivity contribution in [1.82, 2.24) is 0 Å². The SMILES string of the molecule is CC#CCSC(=S)CC. The van der Waals surface area contributed by atoms with Crippen LogP contribution in [0.25, 0.3) is 0 Å². The van der Waals surface area contributed by atoms with Gasteiger partial charge in [-0.05, 0) is 13.3 Å². The van der Waals surface area contributed by atoms with E-state index in [1.165, 1.54) is 0 Å². The Bertz CT molecular complexity index is 139. The maximum atomic E-state index is 4.96. The number of rotatable bonds is 2. The fourth-order valence-electron chi connectivity index (χ4n) is 0.291. The first-order valence-corrected chi connectivity index (χ1v) is 4.25. The van der Waals surface area contributed by atoms with Gasteiger partial charge in [-0.3, -0.25) is 0 Å². The average Bonchev–Trinajstić information content (AvgIpc) is 1.89. The Labute approximate surface area is 66.4 Å². The van der Waals surface area contributed by atoms with Crippen LogP contribution in [0.5, 0.6) is 0 Å². The summed E-state index contributed by atoms with van der Waals surface area (Å²) >= 11 is 6.62. The average molecular weight is 158 g/mol. The third kappa shape index (κ3) is 5.88. The van der Waals surface area contributed by atoms with Gasteiger partial charge in [0.15, 0.2) is 0 Å². The van der Waals surface area contributed by atoms with Crippen molar-refractivity contribution in [2.45, 2.75) is 20.3 Å². The molecule has 0 heterocycles. The lowest BCUT2D eigenvalue weighted by molar-refractivity contribution is 1.35. The first-order valence-electron chi connectivity index (χ1n) is 2.86. The lowest BCUT2D eigenvalue weighted by atomic mass is 10.6. The third-order valence-electron chi connectivity index (χ3n) is 0.771. The maximum Gasteiger partial charge on any atom is 0.0599 e. The molecule has 0 spiro atoms. The molecule has 0 saturated carbocycles. The zero-order chi connectivity index (χ0) is 7.11. The highest BCUT2D eigenvalue weighted by Crippen LogP contribution is 2.05. The van der Waals surface area contributed by atoms with Crippen LogP contribution in [-0.4, -0.2) is 9.95 Å². The van der Waals surface area contributed by atoms with Crippen molar-refractivity contribution < 1.29 is 0 Å². The molecule has 0 aromatic heterocycles. The second-order valence-electron chi connectivity index (χ2n) is 1.44. The van der Waals surface area contributed by atoms with Crippen molar-refractivity contribution in [1.29, 1.82) is 0 Å². The van der Waals surface area contributed by atoms with E-state index in [-0.39, 0.29) is 0 Å². The van der Waals surface area contributed by atoms with Gasteiger partial charge in [0.25, 0.3) is 0 Å². The highest BCUT2D eigenvalue weighted by Gasteiger charge is 1.88. The maximum absolute atomic E-state index is 4.96. The second-order valence-corrected chi connectivity index (χ2v) is 3.26. The highest BCUT2D eigenvalue weighted by atomic mass is 32.2. The summed E-state index contributed by atoms with van der Waals surface area (Å²) in [7, 11) is 0. The quantitative estimate of drug-likeness (QED) is 0.447. The zero-order valence-corrected chi connectivity index (χ0v) is 7.36. The Morgan fingerprint density at radius 1 is 1.67 bits per heavy atom. The molecule has 0 nitrogen and oxygen atoms in total. The predicted octanol–water partition coefficient (Wildman–Crippen LogP) is 2.48. The van der Waals surface area contributed by atoms with Crippen molar-refractivity contribution >= 4 is 28.2 Å². The summed E-state index contributed by atoms with van der Waals surface area (Å²) in [6, 6.07) is 0. The van der Waals surface area contributed by atoms with Crippen LogP contribution >= 0.6 is 24.0 Å². The van der Waals surface area contributed by atoms with Crippen LogP contribution in [0.3, 0.4) is 0 Å². The van der Waals surface area contributed by atoms with Crippen LogP contribution in [0.2, 0.25) is 0 Å². The molecule has 0 aliphatic rings. The number of hydrogen-bond acceptors (Lipinski definition) is 2. The minimum absolute atomic E-state index is 0.850. The molecule has 0 N–H and O–H groups in total. The van der Waals surface area contributed by atoms with E-state index in [2.05, 4.69) is 18.8 Å². The molecule has 9 heavy (non-hydrogen) atoms. The van der Waals surface area contributed by atoms with Crippen LogP contribution in [0, 0.1) is 11.8 Å². The third-order valence-corrected chi connectivity index (χ3v) is 2.31. The Hall–Kier alpha value is -0.0000000000000000278. The minimum Gasteiger partial charge on any atom is -0.106 e. The Balaban J connectivity index is 3.24. The highest BCUT2D eigenvalue weighted by molar-refractivity contribution is 8.23. The monoisotopic (exact) mass is 158 g/mol. The number of hydrogen-bond donors (Lipinski definition) is 0. The van der Waals surface area contributed by atoms with Gasteiger partial charge in [-0.1, -0.05) is 25.1 Å². The summed E-state index contributed by atoms with van der Waals surface area (Å²) < 4.78 is 1.05. The van der Waals surface area contributed by atoms with Gasteiger partial charge >= 0.3 is 0 Å².